The van der Waals surface area contributed by atoms with Gasteiger partial charge in [0.05, 0.1) is 0 Å². The molecule has 1 aliphatic heterocycles. The van der Waals surface area contributed by atoms with E-state index in [-0.39, 0.29) is 0 Å². The highest BCUT2D eigenvalue weighted by atomic mass is 32.2. The molecule has 2 nitrogen and oxygen atoms in total. The van der Waals surface area contributed by atoms with Crippen LogP contribution in [0.25, 0.3) is 0 Å². The Hall–Kier alpha value is 0.270. The van der Waals surface area contributed by atoms with Crippen LogP contribution >= 0.6 is 11.8 Å². The zero-order valence-corrected chi connectivity index (χ0v) is 15.4. The van der Waals surface area contributed by atoms with Crippen LogP contribution in [-0.4, -0.2) is 48.1 Å². The Morgan fingerprint density at radius 2 is 1.70 bits per heavy atom. The highest BCUT2D eigenvalue weighted by molar-refractivity contribution is 8.00. The lowest BCUT2D eigenvalue weighted by Crippen LogP contribution is -2.49. The second-order valence-corrected chi connectivity index (χ2v) is 9.06. The molecule has 1 rings (SSSR count). The van der Waals surface area contributed by atoms with Gasteiger partial charge in [0, 0.05) is 36.7 Å². The van der Waals surface area contributed by atoms with Crippen molar-refractivity contribution in [2.24, 2.45) is 11.3 Å². The zero-order valence-electron chi connectivity index (χ0n) is 14.5. The zero-order chi connectivity index (χ0) is 15.2. The van der Waals surface area contributed by atoms with Crippen LogP contribution in [0.5, 0.6) is 0 Å². The molecule has 3 heteroatoms. The number of nitrogens with zero attached hydrogens (tertiary/aromatic N) is 1. The highest BCUT2D eigenvalue weighted by Gasteiger charge is 2.31. The van der Waals surface area contributed by atoms with Gasteiger partial charge in [-0.05, 0) is 30.7 Å². The summed E-state index contributed by atoms with van der Waals surface area (Å²) in [5.41, 5.74) is 0.455. The second kappa shape index (κ2) is 8.65. The summed E-state index contributed by atoms with van der Waals surface area (Å²) >= 11 is 2.15. The third-order valence-corrected chi connectivity index (χ3v) is 5.83. The molecule has 120 valence electrons. The lowest BCUT2D eigenvalue weighted by molar-refractivity contribution is 0.132. The molecule has 0 aliphatic carbocycles. The van der Waals surface area contributed by atoms with Gasteiger partial charge < -0.3 is 10.2 Å². The van der Waals surface area contributed by atoms with Gasteiger partial charge in [-0.3, -0.25) is 0 Å². The minimum absolute atomic E-state index is 0.455. The van der Waals surface area contributed by atoms with Crippen LogP contribution in [0, 0.1) is 11.3 Å². The normalized spacial score (nSPS) is 25.4. The van der Waals surface area contributed by atoms with Crippen molar-refractivity contribution >= 4 is 11.8 Å². The average molecular weight is 301 g/mol. The molecule has 0 amide bonds. The molecule has 1 fully saturated rings. The summed E-state index contributed by atoms with van der Waals surface area (Å²) in [7, 11) is 0. The quantitative estimate of drug-likeness (QED) is 0.732. The minimum Gasteiger partial charge on any atom is -0.316 e. The number of rotatable bonds is 8. The van der Waals surface area contributed by atoms with Crippen molar-refractivity contribution in [2.45, 2.75) is 64.9 Å². The molecule has 2 atom stereocenters. The van der Waals surface area contributed by atoms with E-state index in [9.17, 15) is 0 Å². The summed E-state index contributed by atoms with van der Waals surface area (Å²) in [5, 5.41) is 5.28. The third-order valence-electron chi connectivity index (χ3n) is 4.61. The van der Waals surface area contributed by atoms with Gasteiger partial charge in [0.1, 0.15) is 0 Å². The number of thioether (sulfide) groups is 1. The first-order valence-electron chi connectivity index (χ1n) is 8.49. The van der Waals surface area contributed by atoms with Crippen LogP contribution in [0.1, 0.15) is 54.4 Å². The van der Waals surface area contributed by atoms with Gasteiger partial charge in [0.25, 0.3) is 0 Å². The maximum atomic E-state index is 3.71. The van der Waals surface area contributed by atoms with Crippen LogP contribution < -0.4 is 5.32 Å². The van der Waals surface area contributed by atoms with E-state index in [1.165, 1.54) is 39.0 Å². The molecular weight excluding hydrogens is 264 g/mol. The van der Waals surface area contributed by atoms with Gasteiger partial charge in [-0.25, -0.2) is 0 Å². The smallest absolute Gasteiger partial charge is 0.0149 e. The maximum Gasteiger partial charge on any atom is 0.0149 e. The number of hydrogen-bond acceptors (Lipinski definition) is 3. The SMILES string of the molecule is CCC(CC)(CNCC(C)C)CN1CC(C)SC(C)C1. The van der Waals surface area contributed by atoms with Crippen LogP contribution in [0.4, 0.5) is 0 Å². The largest absolute Gasteiger partial charge is 0.316 e. The van der Waals surface area contributed by atoms with Crippen LogP contribution in [0.3, 0.4) is 0 Å². The fourth-order valence-electron chi connectivity index (χ4n) is 3.29. The van der Waals surface area contributed by atoms with E-state index in [2.05, 4.69) is 63.5 Å². The molecule has 0 aromatic rings. The van der Waals surface area contributed by atoms with Crippen LogP contribution in [-0.2, 0) is 0 Å². The highest BCUT2D eigenvalue weighted by Crippen LogP contribution is 2.31. The Kier molecular flexibility index (Phi) is 7.92. The lowest BCUT2D eigenvalue weighted by Gasteiger charge is -2.42. The molecule has 0 aromatic carbocycles. The van der Waals surface area contributed by atoms with E-state index >= 15 is 0 Å². The van der Waals surface area contributed by atoms with Crippen molar-refractivity contribution in [3.8, 4) is 0 Å². The van der Waals surface area contributed by atoms with Crippen molar-refractivity contribution in [1.82, 2.24) is 10.2 Å². The van der Waals surface area contributed by atoms with Gasteiger partial charge >= 0.3 is 0 Å². The first kappa shape index (κ1) is 18.3. The molecule has 2 unspecified atom stereocenters. The van der Waals surface area contributed by atoms with Crippen molar-refractivity contribution in [3.63, 3.8) is 0 Å². The van der Waals surface area contributed by atoms with E-state index in [0.29, 0.717) is 5.41 Å². The summed E-state index contributed by atoms with van der Waals surface area (Å²) in [5.74, 6) is 0.743. The van der Waals surface area contributed by atoms with Gasteiger partial charge in [-0.2, -0.15) is 11.8 Å². The first-order chi connectivity index (χ1) is 9.40. The fraction of sp³-hybridized carbons (Fsp3) is 1.00. The Morgan fingerprint density at radius 1 is 1.15 bits per heavy atom. The molecule has 0 bridgehead atoms. The van der Waals surface area contributed by atoms with Gasteiger partial charge in [-0.15, -0.1) is 0 Å². The Balaban J connectivity index is 2.55. The van der Waals surface area contributed by atoms with Crippen LogP contribution in [0.2, 0.25) is 0 Å². The molecule has 1 N–H and O–H groups in total. The van der Waals surface area contributed by atoms with E-state index in [1.54, 1.807) is 0 Å². The molecule has 1 saturated heterocycles. The van der Waals surface area contributed by atoms with Gasteiger partial charge in [0.2, 0.25) is 0 Å². The van der Waals surface area contributed by atoms with E-state index in [0.717, 1.165) is 23.0 Å². The molecule has 0 radical (unpaired) electrons. The predicted molar refractivity (Wildman–Crippen MR) is 93.7 cm³/mol. The van der Waals surface area contributed by atoms with Crippen molar-refractivity contribution < 1.29 is 0 Å². The Morgan fingerprint density at radius 3 is 2.15 bits per heavy atom. The Bertz CT molecular complexity index is 254. The third kappa shape index (κ3) is 5.95. The summed E-state index contributed by atoms with van der Waals surface area (Å²) in [4.78, 5) is 2.72. The number of hydrogen-bond donors (Lipinski definition) is 1. The standard InChI is InChI=1S/C17H36N2S/c1-7-17(8-2,12-18-9-14(3)4)13-19-10-15(5)20-16(6)11-19/h14-16,18H,7-13H2,1-6H3. The molecule has 1 heterocycles. The number of nitrogens with one attached hydrogen (secondary N) is 1. The summed E-state index contributed by atoms with van der Waals surface area (Å²) < 4.78 is 0. The maximum absolute atomic E-state index is 3.71. The van der Waals surface area contributed by atoms with E-state index < -0.39 is 0 Å². The van der Waals surface area contributed by atoms with Gasteiger partial charge in [0.15, 0.2) is 0 Å². The minimum atomic E-state index is 0.455. The monoisotopic (exact) mass is 300 g/mol. The summed E-state index contributed by atoms with van der Waals surface area (Å²) in [6, 6.07) is 0. The van der Waals surface area contributed by atoms with Crippen molar-refractivity contribution in [3.05, 3.63) is 0 Å². The van der Waals surface area contributed by atoms with Crippen molar-refractivity contribution in [2.75, 3.05) is 32.7 Å². The average Bonchev–Trinajstić information content (AvgIpc) is 2.36. The molecule has 0 saturated carbocycles. The summed E-state index contributed by atoms with van der Waals surface area (Å²) in [6.45, 7) is 20.2. The predicted octanol–water partition coefficient (Wildman–Crippen LogP) is 3.86. The Labute approximate surface area is 131 Å². The summed E-state index contributed by atoms with van der Waals surface area (Å²) in [6.07, 6.45) is 2.56. The molecule has 20 heavy (non-hydrogen) atoms. The van der Waals surface area contributed by atoms with Gasteiger partial charge in [-0.1, -0.05) is 41.5 Å². The molecule has 0 aromatic heterocycles. The van der Waals surface area contributed by atoms with Crippen molar-refractivity contribution in [1.29, 1.82) is 0 Å². The topological polar surface area (TPSA) is 15.3 Å². The molecule has 0 spiro atoms. The lowest BCUT2D eigenvalue weighted by atomic mass is 9.81. The van der Waals surface area contributed by atoms with E-state index in [4.69, 9.17) is 0 Å². The van der Waals surface area contributed by atoms with Crippen LogP contribution in [0.15, 0.2) is 0 Å². The first-order valence-corrected chi connectivity index (χ1v) is 9.43. The molecule has 1 aliphatic rings. The fourth-order valence-corrected chi connectivity index (χ4v) is 4.68. The molecular formula is C17H36N2S. The van der Waals surface area contributed by atoms with E-state index in [1.807, 2.05) is 0 Å². The second-order valence-electron chi connectivity index (χ2n) is 7.18.